The lowest BCUT2D eigenvalue weighted by atomic mass is 9.94. The largest absolute Gasteiger partial charge is 0.507 e. The summed E-state index contributed by atoms with van der Waals surface area (Å²) in [6.07, 6.45) is 2.44. The molecule has 194 valence electrons. The zero-order valence-corrected chi connectivity index (χ0v) is 21.0. The lowest BCUT2D eigenvalue weighted by Crippen LogP contribution is -2.42. The number of nitrogens with zero attached hydrogens (tertiary/aromatic N) is 2. The molecule has 2 unspecified atom stereocenters. The first-order valence-corrected chi connectivity index (χ1v) is 12.7. The summed E-state index contributed by atoms with van der Waals surface area (Å²) in [7, 11) is 0. The van der Waals surface area contributed by atoms with Crippen molar-refractivity contribution in [1.82, 2.24) is 9.80 Å². The molecule has 3 aliphatic heterocycles. The predicted octanol–water partition coefficient (Wildman–Crippen LogP) is 3.33. The summed E-state index contributed by atoms with van der Waals surface area (Å²) in [5.74, 6) is -0.0265. The van der Waals surface area contributed by atoms with Crippen LogP contribution in [-0.4, -0.2) is 78.7 Å². The molecular weight excluding hydrogens is 472 g/mol. The van der Waals surface area contributed by atoms with E-state index >= 15 is 0 Å². The number of likely N-dealkylation sites (tertiary alicyclic amines) is 1. The molecule has 8 heteroatoms. The highest BCUT2D eigenvalue weighted by Gasteiger charge is 2.46. The maximum atomic E-state index is 13.4. The molecule has 0 aliphatic carbocycles. The number of amides is 1. The van der Waals surface area contributed by atoms with E-state index in [0.717, 1.165) is 36.4 Å². The summed E-state index contributed by atoms with van der Waals surface area (Å²) in [5, 5.41) is 11.4. The van der Waals surface area contributed by atoms with Crippen LogP contribution in [0.2, 0.25) is 0 Å². The second-order valence-electron chi connectivity index (χ2n) is 9.57. The summed E-state index contributed by atoms with van der Waals surface area (Å²) < 4.78 is 16.8. The minimum absolute atomic E-state index is 0.0555. The van der Waals surface area contributed by atoms with Crippen molar-refractivity contribution in [2.24, 2.45) is 0 Å². The normalized spacial score (nSPS) is 23.1. The van der Waals surface area contributed by atoms with Gasteiger partial charge in [-0.05, 0) is 48.4 Å². The fourth-order valence-corrected chi connectivity index (χ4v) is 5.16. The Morgan fingerprint density at radius 3 is 2.62 bits per heavy atom. The van der Waals surface area contributed by atoms with Gasteiger partial charge in [0.2, 0.25) is 0 Å². The zero-order valence-electron chi connectivity index (χ0n) is 21.0. The molecule has 0 radical (unpaired) electrons. The number of fused-ring (bicyclic) bond motifs is 1. The van der Waals surface area contributed by atoms with Crippen LogP contribution in [0.5, 0.6) is 11.5 Å². The number of aliphatic hydroxyl groups excluding tert-OH is 1. The molecule has 3 aliphatic rings. The highest BCUT2D eigenvalue weighted by atomic mass is 16.5. The first-order valence-electron chi connectivity index (χ1n) is 12.7. The van der Waals surface area contributed by atoms with Gasteiger partial charge in [0, 0.05) is 38.2 Å². The fourth-order valence-electron chi connectivity index (χ4n) is 5.16. The highest BCUT2D eigenvalue weighted by Crippen LogP contribution is 2.41. The maximum Gasteiger partial charge on any atom is 0.295 e. The van der Waals surface area contributed by atoms with Crippen LogP contribution < -0.4 is 9.47 Å². The molecule has 0 bridgehead atoms. The van der Waals surface area contributed by atoms with Gasteiger partial charge in [-0.1, -0.05) is 24.8 Å². The van der Waals surface area contributed by atoms with Gasteiger partial charge in [0.1, 0.15) is 30.0 Å². The topological polar surface area (TPSA) is 88.5 Å². The van der Waals surface area contributed by atoms with Gasteiger partial charge in [-0.3, -0.25) is 14.5 Å². The van der Waals surface area contributed by atoms with Crippen LogP contribution in [0, 0.1) is 0 Å². The summed E-state index contributed by atoms with van der Waals surface area (Å²) in [6.45, 7) is 9.85. The lowest BCUT2D eigenvalue weighted by molar-refractivity contribution is -0.140. The van der Waals surface area contributed by atoms with Crippen molar-refractivity contribution in [2.45, 2.75) is 25.5 Å². The number of hydrogen-bond acceptors (Lipinski definition) is 7. The molecule has 1 N–H and O–H groups in total. The van der Waals surface area contributed by atoms with E-state index in [1.807, 2.05) is 31.2 Å². The Morgan fingerprint density at radius 2 is 1.89 bits per heavy atom. The maximum absolute atomic E-state index is 13.4. The van der Waals surface area contributed by atoms with E-state index in [1.165, 1.54) is 0 Å². The van der Waals surface area contributed by atoms with E-state index in [2.05, 4.69) is 11.5 Å². The molecule has 0 spiro atoms. The van der Waals surface area contributed by atoms with Gasteiger partial charge in [-0.15, -0.1) is 0 Å². The first kappa shape index (κ1) is 25.0. The Bertz CT molecular complexity index is 1220. The Morgan fingerprint density at radius 1 is 1.14 bits per heavy atom. The summed E-state index contributed by atoms with van der Waals surface area (Å²) in [5.41, 5.74) is 2.29. The van der Waals surface area contributed by atoms with Gasteiger partial charge in [-0.2, -0.15) is 0 Å². The number of ketones is 1. The molecule has 2 atom stereocenters. The standard InChI is InChI=1S/C29H32N2O6/c1-3-14-36-23-7-4-20(5-8-23)26-25(27(32)21-6-9-24-22(18-21)17-19(2)37-24)28(33)29(34)31(26)11-10-30-12-15-35-16-13-30/h3-9,18-19,26,32H,1,10-17H2,2H3. The zero-order chi connectivity index (χ0) is 25.9. The predicted molar refractivity (Wildman–Crippen MR) is 139 cm³/mol. The van der Waals surface area contributed by atoms with Crippen LogP contribution in [-0.2, 0) is 20.7 Å². The lowest BCUT2D eigenvalue weighted by Gasteiger charge is -2.31. The van der Waals surface area contributed by atoms with Crippen LogP contribution in [0.4, 0.5) is 0 Å². The van der Waals surface area contributed by atoms with Crippen LogP contribution >= 0.6 is 0 Å². The molecule has 1 amide bonds. The molecule has 3 heterocycles. The monoisotopic (exact) mass is 504 g/mol. The Kier molecular flexibility index (Phi) is 7.30. The number of carbonyl (C=O) groups is 2. The van der Waals surface area contributed by atoms with Gasteiger partial charge in [0.25, 0.3) is 11.7 Å². The van der Waals surface area contributed by atoms with Crippen LogP contribution in [0.15, 0.2) is 60.7 Å². The van der Waals surface area contributed by atoms with Crippen molar-refractivity contribution < 1.29 is 28.9 Å². The fraction of sp³-hybridized carbons (Fsp3) is 0.379. The molecule has 37 heavy (non-hydrogen) atoms. The third-order valence-electron chi connectivity index (χ3n) is 7.03. The van der Waals surface area contributed by atoms with E-state index in [1.54, 1.807) is 29.2 Å². The Labute approximate surface area is 216 Å². The van der Waals surface area contributed by atoms with Crippen molar-refractivity contribution in [3.8, 4) is 11.5 Å². The van der Waals surface area contributed by atoms with Gasteiger partial charge < -0.3 is 24.2 Å². The molecule has 0 aromatic heterocycles. The molecule has 2 fully saturated rings. The average molecular weight is 505 g/mol. The van der Waals surface area contributed by atoms with Crippen molar-refractivity contribution >= 4 is 17.4 Å². The molecule has 5 rings (SSSR count). The second kappa shape index (κ2) is 10.8. The van der Waals surface area contributed by atoms with Gasteiger partial charge in [-0.25, -0.2) is 0 Å². The van der Waals surface area contributed by atoms with Crippen molar-refractivity contribution in [3.05, 3.63) is 77.4 Å². The van der Waals surface area contributed by atoms with Gasteiger partial charge in [0.05, 0.1) is 24.8 Å². The third kappa shape index (κ3) is 5.12. The number of morpholine rings is 1. The number of hydrogen-bond donors (Lipinski definition) is 1. The summed E-state index contributed by atoms with van der Waals surface area (Å²) in [4.78, 5) is 30.4. The third-order valence-corrected chi connectivity index (χ3v) is 7.03. The van der Waals surface area contributed by atoms with Gasteiger partial charge in [0.15, 0.2) is 0 Å². The van der Waals surface area contributed by atoms with Crippen LogP contribution in [0.3, 0.4) is 0 Å². The minimum atomic E-state index is -0.710. The van der Waals surface area contributed by atoms with Crippen molar-refractivity contribution in [2.75, 3.05) is 46.0 Å². The minimum Gasteiger partial charge on any atom is -0.507 e. The molecule has 2 saturated heterocycles. The molecule has 2 aromatic rings. The van der Waals surface area contributed by atoms with Crippen LogP contribution in [0.25, 0.3) is 5.76 Å². The highest BCUT2D eigenvalue weighted by molar-refractivity contribution is 6.46. The number of Topliss-reactive ketones (excluding diaryl/α,β-unsaturated/α-hetero) is 1. The smallest absolute Gasteiger partial charge is 0.295 e. The molecule has 8 nitrogen and oxygen atoms in total. The number of benzene rings is 2. The van der Waals surface area contributed by atoms with E-state index in [4.69, 9.17) is 14.2 Å². The number of aliphatic hydroxyl groups is 1. The first-order chi connectivity index (χ1) is 18.0. The summed E-state index contributed by atoms with van der Waals surface area (Å²) >= 11 is 0. The Hall–Kier alpha value is -3.62. The molecule has 2 aromatic carbocycles. The average Bonchev–Trinajstić information content (AvgIpc) is 3.42. The van der Waals surface area contributed by atoms with E-state index in [0.29, 0.717) is 44.2 Å². The van der Waals surface area contributed by atoms with E-state index in [-0.39, 0.29) is 17.4 Å². The van der Waals surface area contributed by atoms with Gasteiger partial charge >= 0.3 is 0 Å². The van der Waals surface area contributed by atoms with E-state index in [9.17, 15) is 14.7 Å². The van der Waals surface area contributed by atoms with E-state index < -0.39 is 17.7 Å². The SMILES string of the molecule is C=CCOc1ccc(C2C(=C(O)c3ccc4c(c3)CC(C)O4)C(=O)C(=O)N2CCN2CCOCC2)cc1. The Balaban J connectivity index is 1.51. The number of carbonyl (C=O) groups excluding carboxylic acids is 2. The van der Waals surface area contributed by atoms with Crippen molar-refractivity contribution in [1.29, 1.82) is 0 Å². The summed E-state index contributed by atoms with van der Waals surface area (Å²) in [6, 6.07) is 11.9. The number of ether oxygens (including phenoxy) is 3. The molecular formula is C29H32N2O6. The quantitative estimate of drug-likeness (QED) is 0.255. The second-order valence-corrected chi connectivity index (χ2v) is 9.57. The van der Waals surface area contributed by atoms with Crippen LogP contribution in [0.1, 0.15) is 29.7 Å². The molecule has 0 saturated carbocycles. The number of rotatable bonds is 8. The van der Waals surface area contributed by atoms with Crippen molar-refractivity contribution in [3.63, 3.8) is 0 Å².